The second kappa shape index (κ2) is 8.71. The normalized spacial score (nSPS) is 11.0. The van der Waals surface area contributed by atoms with Crippen molar-refractivity contribution in [3.63, 3.8) is 0 Å². The molecule has 4 rings (SSSR count). The Hall–Kier alpha value is -3.12. The number of nitrogens with zero attached hydrogens (tertiary/aromatic N) is 3. The van der Waals surface area contributed by atoms with Crippen LogP contribution in [-0.4, -0.2) is 26.4 Å². The van der Waals surface area contributed by atoms with Gasteiger partial charge in [-0.15, -0.1) is 10.2 Å². The highest BCUT2D eigenvalue weighted by atomic mass is 32.2. The maximum Gasteiger partial charge on any atom is 0.234 e. The molecule has 152 valence electrons. The summed E-state index contributed by atoms with van der Waals surface area (Å²) < 4.78 is 1.97. The average Bonchev–Trinajstić information content (AvgIpc) is 3.09. The van der Waals surface area contributed by atoms with Crippen molar-refractivity contribution in [1.82, 2.24) is 14.8 Å². The van der Waals surface area contributed by atoms with Crippen molar-refractivity contribution in [3.8, 4) is 0 Å². The summed E-state index contributed by atoms with van der Waals surface area (Å²) in [5.74, 6) is 1.11. The summed E-state index contributed by atoms with van der Waals surface area (Å²) in [6.07, 6.45) is 0.695. The number of fused-ring (bicyclic) bond motifs is 1. The number of hydrogen-bond donors (Lipinski definition) is 1. The average molecular weight is 417 g/mol. The van der Waals surface area contributed by atoms with Crippen LogP contribution in [0.5, 0.6) is 0 Å². The highest BCUT2D eigenvalue weighted by molar-refractivity contribution is 7.99. The van der Waals surface area contributed by atoms with Gasteiger partial charge in [-0.25, -0.2) is 0 Å². The van der Waals surface area contributed by atoms with Gasteiger partial charge in [0.05, 0.1) is 5.75 Å². The molecule has 0 aliphatic heterocycles. The molecule has 0 atom stereocenters. The zero-order valence-electron chi connectivity index (χ0n) is 17.3. The quantitative estimate of drug-likeness (QED) is 0.454. The minimum Gasteiger partial charge on any atom is -0.325 e. The predicted octanol–water partition coefficient (Wildman–Crippen LogP) is 4.91. The fourth-order valence-corrected chi connectivity index (χ4v) is 4.12. The fraction of sp³-hybridized carbons (Fsp3) is 0.208. The van der Waals surface area contributed by atoms with Gasteiger partial charge in [0, 0.05) is 19.2 Å². The van der Waals surface area contributed by atoms with Crippen molar-refractivity contribution in [2.45, 2.75) is 25.4 Å². The lowest BCUT2D eigenvalue weighted by Crippen LogP contribution is -2.14. The standard InChI is InChI=1S/C24H24N4OS/c1-16-11-12-20(13-17(16)2)25-23(29)15-30-24-27-26-22(28(24)3)14-19-9-6-8-18-7-4-5-10-21(18)19/h4-13H,14-15H2,1-3H3,(H,25,29). The molecule has 3 aromatic carbocycles. The SMILES string of the molecule is Cc1ccc(NC(=O)CSc2nnc(Cc3cccc4ccccc34)n2C)cc1C. The third-order valence-corrected chi connectivity index (χ3v) is 6.30. The Labute approximate surface area is 180 Å². The molecule has 5 nitrogen and oxygen atoms in total. The monoisotopic (exact) mass is 416 g/mol. The summed E-state index contributed by atoms with van der Waals surface area (Å²) in [6.45, 7) is 4.09. The highest BCUT2D eigenvalue weighted by Crippen LogP contribution is 2.23. The Morgan fingerprint density at radius 3 is 2.63 bits per heavy atom. The van der Waals surface area contributed by atoms with Crippen LogP contribution in [0.3, 0.4) is 0 Å². The number of hydrogen-bond acceptors (Lipinski definition) is 4. The van der Waals surface area contributed by atoms with E-state index in [9.17, 15) is 4.79 Å². The molecule has 0 radical (unpaired) electrons. The lowest BCUT2D eigenvalue weighted by molar-refractivity contribution is -0.113. The van der Waals surface area contributed by atoms with E-state index >= 15 is 0 Å². The summed E-state index contributed by atoms with van der Waals surface area (Å²) in [5, 5.41) is 14.8. The van der Waals surface area contributed by atoms with Crippen LogP contribution < -0.4 is 5.32 Å². The van der Waals surface area contributed by atoms with Gasteiger partial charge in [0.1, 0.15) is 5.82 Å². The number of aromatic nitrogens is 3. The van der Waals surface area contributed by atoms with Crippen LogP contribution in [0.2, 0.25) is 0 Å². The lowest BCUT2D eigenvalue weighted by atomic mass is 10.0. The number of benzene rings is 3. The maximum atomic E-state index is 12.3. The number of amides is 1. The van der Waals surface area contributed by atoms with Gasteiger partial charge in [0.2, 0.25) is 5.91 Å². The van der Waals surface area contributed by atoms with E-state index in [1.54, 1.807) is 0 Å². The Kier molecular flexibility index (Phi) is 5.86. The highest BCUT2D eigenvalue weighted by Gasteiger charge is 2.13. The van der Waals surface area contributed by atoms with Gasteiger partial charge in [-0.3, -0.25) is 4.79 Å². The van der Waals surface area contributed by atoms with Crippen LogP contribution in [0, 0.1) is 13.8 Å². The number of nitrogens with one attached hydrogen (secondary N) is 1. The van der Waals surface area contributed by atoms with E-state index in [2.05, 4.69) is 58.8 Å². The van der Waals surface area contributed by atoms with Gasteiger partial charge in [-0.05, 0) is 53.4 Å². The fourth-order valence-electron chi connectivity index (χ4n) is 3.39. The molecule has 0 bridgehead atoms. The maximum absolute atomic E-state index is 12.3. The second-order valence-corrected chi connectivity index (χ2v) is 8.35. The zero-order chi connectivity index (χ0) is 21.1. The molecule has 0 unspecified atom stereocenters. The first-order valence-corrected chi connectivity index (χ1v) is 10.8. The minimum absolute atomic E-state index is 0.0538. The number of carbonyl (C=O) groups excluding carboxylic acids is 1. The van der Waals surface area contributed by atoms with Crippen LogP contribution in [0.25, 0.3) is 10.8 Å². The third-order valence-electron chi connectivity index (χ3n) is 5.28. The van der Waals surface area contributed by atoms with E-state index in [1.807, 2.05) is 42.8 Å². The van der Waals surface area contributed by atoms with Crippen LogP contribution in [-0.2, 0) is 18.3 Å². The van der Waals surface area contributed by atoms with Gasteiger partial charge in [0.25, 0.3) is 0 Å². The third kappa shape index (κ3) is 4.39. The van der Waals surface area contributed by atoms with Crippen LogP contribution in [0.15, 0.2) is 65.8 Å². The minimum atomic E-state index is -0.0538. The Morgan fingerprint density at radius 1 is 1.00 bits per heavy atom. The molecule has 0 spiro atoms. The Balaban J connectivity index is 1.42. The van der Waals surface area contributed by atoms with Gasteiger partial charge in [-0.1, -0.05) is 60.3 Å². The summed E-state index contributed by atoms with van der Waals surface area (Å²) in [7, 11) is 1.95. The molecule has 0 aliphatic carbocycles. The molecule has 1 N–H and O–H groups in total. The van der Waals surface area contributed by atoms with Gasteiger partial charge < -0.3 is 9.88 Å². The van der Waals surface area contributed by atoms with Gasteiger partial charge >= 0.3 is 0 Å². The Morgan fingerprint density at radius 2 is 1.80 bits per heavy atom. The Bertz CT molecular complexity index is 1210. The smallest absolute Gasteiger partial charge is 0.234 e. The summed E-state index contributed by atoms with van der Waals surface area (Å²) >= 11 is 1.39. The number of anilines is 1. The lowest BCUT2D eigenvalue weighted by Gasteiger charge is -2.08. The molecule has 0 saturated carbocycles. The first-order chi connectivity index (χ1) is 14.5. The largest absolute Gasteiger partial charge is 0.325 e. The predicted molar refractivity (Wildman–Crippen MR) is 123 cm³/mol. The van der Waals surface area contributed by atoms with Crippen LogP contribution in [0.4, 0.5) is 5.69 Å². The molecule has 4 aromatic rings. The molecule has 1 aromatic heterocycles. The van der Waals surface area contributed by atoms with Crippen molar-refractivity contribution < 1.29 is 4.79 Å². The van der Waals surface area contributed by atoms with Crippen molar-refractivity contribution in [3.05, 3.63) is 83.2 Å². The van der Waals surface area contributed by atoms with Crippen molar-refractivity contribution in [1.29, 1.82) is 0 Å². The van der Waals surface area contributed by atoms with Gasteiger partial charge in [0.15, 0.2) is 5.16 Å². The molecule has 1 amide bonds. The molecular formula is C24H24N4OS. The summed E-state index contributed by atoms with van der Waals surface area (Å²) in [5.41, 5.74) is 4.40. The van der Waals surface area contributed by atoms with E-state index < -0.39 is 0 Å². The number of thioether (sulfide) groups is 1. The van der Waals surface area contributed by atoms with Crippen LogP contribution >= 0.6 is 11.8 Å². The van der Waals surface area contributed by atoms with E-state index in [4.69, 9.17) is 0 Å². The van der Waals surface area contributed by atoms with Crippen LogP contribution in [0.1, 0.15) is 22.5 Å². The molecule has 30 heavy (non-hydrogen) atoms. The molecule has 6 heteroatoms. The molecule has 0 aliphatic rings. The summed E-state index contributed by atoms with van der Waals surface area (Å²) in [6, 6.07) is 20.6. The number of aryl methyl sites for hydroxylation is 2. The van der Waals surface area contributed by atoms with Crippen molar-refractivity contribution in [2.75, 3.05) is 11.1 Å². The van der Waals surface area contributed by atoms with E-state index in [0.717, 1.165) is 22.2 Å². The second-order valence-electron chi connectivity index (χ2n) is 7.41. The zero-order valence-corrected chi connectivity index (χ0v) is 18.2. The van der Waals surface area contributed by atoms with E-state index in [0.29, 0.717) is 6.42 Å². The van der Waals surface area contributed by atoms with E-state index in [1.165, 1.54) is 33.7 Å². The van der Waals surface area contributed by atoms with Gasteiger partial charge in [-0.2, -0.15) is 0 Å². The summed E-state index contributed by atoms with van der Waals surface area (Å²) in [4.78, 5) is 12.3. The topological polar surface area (TPSA) is 59.8 Å². The first kappa shape index (κ1) is 20.2. The number of rotatable bonds is 6. The molecule has 0 saturated heterocycles. The molecule has 0 fully saturated rings. The number of carbonyl (C=O) groups is 1. The molecular weight excluding hydrogens is 392 g/mol. The first-order valence-electron chi connectivity index (χ1n) is 9.86. The van der Waals surface area contributed by atoms with Crippen molar-refractivity contribution >= 4 is 34.1 Å². The molecule has 1 heterocycles. The van der Waals surface area contributed by atoms with E-state index in [-0.39, 0.29) is 11.7 Å². The van der Waals surface area contributed by atoms with Crippen molar-refractivity contribution in [2.24, 2.45) is 7.05 Å².